The van der Waals surface area contributed by atoms with Crippen molar-refractivity contribution >= 4 is 23.9 Å². The minimum atomic E-state index is -0.661. The van der Waals surface area contributed by atoms with Gasteiger partial charge < -0.3 is 4.74 Å². The van der Waals surface area contributed by atoms with Gasteiger partial charge in [-0.2, -0.15) is 0 Å². The van der Waals surface area contributed by atoms with Crippen LogP contribution >= 0.6 is 0 Å². The van der Waals surface area contributed by atoms with Crippen molar-refractivity contribution in [1.82, 2.24) is 4.90 Å². The van der Waals surface area contributed by atoms with Gasteiger partial charge in [-0.1, -0.05) is 49.0 Å². The number of nitriles is 1. The lowest BCUT2D eigenvalue weighted by atomic mass is 10.1. The SMILES string of the molecule is C=CN1C(=O)c2ccccc2C1=O.N#COC(=O)C=Cc1ccccc1. The number of rotatable bonds is 3. The highest BCUT2D eigenvalue weighted by Crippen LogP contribution is 2.21. The van der Waals surface area contributed by atoms with Gasteiger partial charge in [-0.25, -0.2) is 9.69 Å². The predicted molar refractivity (Wildman–Crippen MR) is 94.3 cm³/mol. The molecule has 2 aromatic carbocycles. The average molecular weight is 346 g/mol. The van der Waals surface area contributed by atoms with E-state index in [1.807, 2.05) is 30.3 Å². The van der Waals surface area contributed by atoms with Crippen molar-refractivity contribution in [3.05, 3.63) is 90.1 Å². The molecular formula is C20H14N2O4. The summed E-state index contributed by atoms with van der Waals surface area (Å²) in [6, 6.07) is 16.0. The largest absolute Gasteiger partial charge is 0.347 e. The molecule has 3 rings (SSSR count). The summed E-state index contributed by atoms with van der Waals surface area (Å²) < 4.78 is 4.04. The minimum absolute atomic E-state index is 0.296. The van der Waals surface area contributed by atoms with Crippen LogP contribution in [0.3, 0.4) is 0 Å². The smallest absolute Gasteiger partial charge is 0.346 e. The summed E-state index contributed by atoms with van der Waals surface area (Å²) in [7, 11) is 0. The van der Waals surface area contributed by atoms with E-state index in [0.717, 1.165) is 10.5 Å². The molecule has 6 nitrogen and oxygen atoms in total. The first-order valence-corrected chi connectivity index (χ1v) is 7.51. The second kappa shape index (κ2) is 8.76. The molecule has 0 atom stereocenters. The van der Waals surface area contributed by atoms with E-state index in [9.17, 15) is 14.4 Å². The van der Waals surface area contributed by atoms with Gasteiger partial charge in [0.25, 0.3) is 18.1 Å². The van der Waals surface area contributed by atoms with Crippen LogP contribution in [0.2, 0.25) is 0 Å². The molecule has 1 aliphatic heterocycles. The van der Waals surface area contributed by atoms with Crippen LogP contribution in [0.25, 0.3) is 6.08 Å². The third-order valence-electron chi connectivity index (χ3n) is 3.37. The van der Waals surface area contributed by atoms with Crippen LogP contribution in [-0.2, 0) is 9.53 Å². The van der Waals surface area contributed by atoms with Gasteiger partial charge in [-0.15, -0.1) is 5.26 Å². The molecule has 1 aliphatic rings. The number of benzene rings is 2. The molecular weight excluding hydrogens is 332 g/mol. The number of hydrogen-bond acceptors (Lipinski definition) is 5. The molecule has 6 heteroatoms. The normalized spacial score (nSPS) is 12.0. The third-order valence-corrected chi connectivity index (χ3v) is 3.37. The van der Waals surface area contributed by atoms with Gasteiger partial charge >= 0.3 is 5.97 Å². The van der Waals surface area contributed by atoms with Gasteiger partial charge in [0, 0.05) is 12.3 Å². The lowest BCUT2D eigenvalue weighted by molar-refractivity contribution is -0.131. The molecule has 0 radical (unpaired) electrons. The topological polar surface area (TPSA) is 87.5 Å². The highest BCUT2D eigenvalue weighted by molar-refractivity contribution is 6.21. The molecule has 0 aliphatic carbocycles. The van der Waals surface area contributed by atoms with Crippen LogP contribution in [0.1, 0.15) is 26.3 Å². The maximum atomic E-state index is 11.5. The molecule has 26 heavy (non-hydrogen) atoms. The van der Waals surface area contributed by atoms with E-state index in [1.165, 1.54) is 18.5 Å². The monoisotopic (exact) mass is 346 g/mol. The van der Waals surface area contributed by atoms with Crippen LogP contribution in [-0.4, -0.2) is 22.7 Å². The summed E-state index contributed by atoms with van der Waals surface area (Å²) in [5.41, 5.74) is 1.79. The number of amides is 2. The number of hydrogen-bond donors (Lipinski definition) is 0. The van der Waals surface area contributed by atoms with E-state index in [2.05, 4.69) is 11.3 Å². The predicted octanol–water partition coefficient (Wildman–Crippen LogP) is 3.15. The number of esters is 1. The fraction of sp³-hybridized carbons (Fsp3) is 0. The Bertz CT molecular complexity index is 876. The van der Waals surface area contributed by atoms with E-state index in [0.29, 0.717) is 11.1 Å². The zero-order chi connectivity index (χ0) is 18.9. The Morgan fingerprint density at radius 3 is 2.04 bits per heavy atom. The van der Waals surface area contributed by atoms with Gasteiger partial charge in [0.2, 0.25) is 0 Å². The zero-order valence-electron chi connectivity index (χ0n) is 13.7. The van der Waals surface area contributed by atoms with E-state index in [-0.39, 0.29) is 11.8 Å². The van der Waals surface area contributed by atoms with Gasteiger partial charge in [-0.3, -0.25) is 9.59 Å². The first-order valence-electron chi connectivity index (χ1n) is 7.51. The van der Waals surface area contributed by atoms with Crippen molar-refractivity contribution in [3.63, 3.8) is 0 Å². The van der Waals surface area contributed by atoms with Crippen LogP contribution < -0.4 is 0 Å². The second-order valence-electron chi connectivity index (χ2n) is 4.96. The highest BCUT2D eigenvalue weighted by Gasteiger charge is 2.32. The summed E-state index contributed by atoms with van der Waals surface area (Å²) in [6.45, 7) is 3.41. The molecule has 0 spiro atoms. The number of ether oxygens (including phenoxy) is 1. The first-order chi connectivity index (χ1) is 12.6. The summed E-state index contributed by atoms with van der Waals surface area (Å²) in [5.74, 6) is -1.25. The number of nitrogens with zero attached hydrogens (tertiary/aromatic N) is 2. The molecule has 0 unspecified atom stereocenters. The Hall–Kier alpha value is -3.98. The Morgan fingerprint density at radius 1 is 1.00 bits per heavy atom. The molecule has 0 saturated carbocycles. The number of carbonyl (C=O) groups excluding carboxylic acids is 3. The van der Waals surface area contributed by atoms with Crippen LogP contribution in [0.4, 0.5) is 0 Å². The summed E-state index contributed by atoms with van der Waals surface area (Å²) in [5, 5.41) is 8.01. The summed E-state index contributed by atoms with van der Waals surface area (Å²) in [6.07, 6.45) is 5.33. The number of imide groups is 1. The third kappa shape index (κ3) is 4.30. The van der Waals surface area contributed by atoms with Crippen LogP contribution in [0, 0.1) is 11.5 Å². The van der Waals surface area contributed by atoms with Crippen LogP contribution in [0.5, 0.6) is 0 Å². The summed E-state index contributed by atoms with van der Waals surface area (Å²) in [4.78, 5) is 34.6. The molecule has 0 bridgehead atoms. The first kappa shape index (κ1) is 18.4. The lowest BCUT2D eigenvalue weighted by Gasteiger charge is -2.04. The minimum Gasteiger partial charge on any atom is -0.347 e. The van der Waals surface area contributed by atoms with Gasteiger partial charge in [0.05, 0.1) is 11.1 Å². The van der Waals surface area contributed by atoms with Crippen molar-refractivity contribution < 1.29 is 19.1 Å². The quantitative estimate of drug-likeness (QED) is 0.369. The van der Waals surface area contributed by atoms with Gasteiger partial charge in [-0.05, 0) is 23.8 Å². The lowest BCUT2D eigenvalue weighted by Crippen LogP contribution is -2.22. The van der Waals surface area contributed by atoms with E-state index >= 15 is 0 Å². The van der Waals surface area contributed by atoms with Gasteiger partial charge in [0.15, 0.2) is 0 Å². The fourth-order valence-electron chi connectivity index (χ4n) is 2.18. The van der Waals surface area contributed by atoms with E-state index in [4.69, 9.17) is 5.26 Å². The number of fused-ring (bicyclic) bond motifs is 1. The average Bonchev–Trinajstić information content (AvgIpc) is 2.92. The standard InChI is InChI=1S/2C10H7NO2/c1-2-11-9(12)7-5-3-4-6-8(7)10(11)13;11-8-13-10(12)7-6-9-4-2-1-3-5-9/h2-6H,1H2;1-7H. The number of carbonyl (C=O) groups is 3. The van der Waals surface area contributed by atoms with Crippen LogP contribution in [0.15, 0.2) is 73.5 Å². The molecule has 2 aromatic rings. The van der Waals surface area contributed by atoms with Crippen molar-refractivity contribution in [1.29, 1.82) is 5.26 Å². The van der Waals surface area contributed by atoms with Crippen molar-refractivity contribution in [2.24, 2.45) is 0 Å². The molecule has 1 heterocycles. The molecule has 0 fully saturated rings. The van der Waals surface area contributed by atoms with Crippen molar-refractivity contribution in [2.75, 3.05) is 0 Å². The molecule has 128 valence electrons. The zero-order valence-corrected chi connectivity index (χ0v) is 13.7. The Morgan fingerprint density at radius 2 is 1.54 bits per heavy atom. The van der Waals surface area contributed by atoms with Crippen molar-refractivity contribution in [2.45, 2.75) is 0 Å². The highest BCUT2D eigenvalue weighted by atomic mass is 16.5. The fourth-order valence-corrected chi connectivity index (χ4v) is 2.18. The molecule has 0 N–H and O–H groups in total. The van der Waals surface area contributed by atoms with Crippen molar-refractivity contribution in [3.8, 4) is 6.26 Å². The second-order valence-corrected chi connectivity index (χ2v) is 4.96. The van der Waals surface area contributed by atoms with E-state index < -0.39 is 5.97 Å². The maximum Gasteiger partial charge on any atom is 0.346 e. The molecule has 2 amide bonds. The molecule has 0 aromatic heterocycles. The van der Waals surface area contributed by atoms with E-state index in [1.54, 1.807) is 30.3 Å². The Kier molecular flexibility index (Phi) is 6.18. The maximum absolute atomic E-state index is 11.5. The Labute approximate surface area is 150 Å². The summed E-state index contributed by atoms with van der Waals surface area (Å²) >= 11 is 0. The Balaban J connectivity index is 0.000000187. The van der Waals surface area contributed by atoms with Gasteiger partial charge in [0.1, 0.15) is 0 Å². The molecule has 0 saturated heterocycles.